The van der Waals surface area contributed by atoms with Gasteiger partial charge in [0.05, 0.1) is 29.4 Å². The number of benzene rings is 1. The summed E-state index contributed by atoms with van der Waals surface area (Å²) in [5.74, 6) is 0.455. The van der Waals surface area contributed by atoms with E-state index in [9.17, 15) is 9.59 Å². The fraction of sp³-hybridized carbons (Fsp3) is 0.421. The van der Waals surface area contributed by atoms with Crippen LogP contribution in [-0.2, 0) is 0 Å². The zero-order chi connectivity index (χ0) is 18.3. The molecule has 2 aromatic rings. The maximum atomic E-state index is 13.0. The van der Waals surface area contributed by atoms with Gasteiger partial charge in [0.2, 0.25) is 0 Å². The fourth-order valence-corrected chi connectivity index (χ4v) is 4.61. The summed E-state index contributed by atoms with van der Waals surface area (Å²) in [4.78, 5) is 32.2. The van der Waals surface area contributed by atoms with E-state index in [1.54, 1.807) is 6.07 Å². The molecule has 0 radical (unpaired) electrons. The van der Waals surface area contributed by atoms with Crippen LogP contribution >= 0.6 is 11.3 Å². The van der Waals surface area contributed by atoms with Gasteiger partial charge in [-0.25, -0.2) is 4.98 Å². The van der Waals surface area contributed by atoms with E-state index in [1.807, 2.05) is 36.9 Å². The molecule has 1 spiro atoms. The van der Waals surface area contributed by atoms with E-state index in [2.05, 4.69) is 10.3 Å². The molecule has 4 rings (SSSR count). The van der Waals surface area contributed by atoms with Crippen molar-refractivity contribution in [2.75, 3.05) is 19.6 Å². The largest absolute Gasteiger partial charge is 0.483 e. The number of para-hydroxylation sites is 1. The zero-order valence-corrected chi connectivity index (χ0v) is 15.7. The number of piperidine rings is 1. The van der Waals surface area contributed by atoms with Crippen LogP contribution in [0.25, 0.3) is 0 Å². The third-order valence-electron chi connectivity index (χ3n) is 4.95. The first-order chi connectivity index (χ1) is 12.5. The van der Waals surface area contributed by atoms with Crippen LogP contribution in [0.15, 0.2) is 24.3 Å². The van der Waals surface area contributed by atoms with Gasteiger partial charge in [0, 0.05) is 6.54 Å². The number of likely N-dealkylation sites (tertiary alicyclic amines) is 1. The molecule has 1 aromatic carbocycles. The number of amides is 2. The second-order valence-corrected chi connectivity index (χ2v) is 8.14. The highest BCUT2D eigenvalue weighted by Crippen LogP contribution is 2.33. The Morgan fingerprint density at radius 3 is 2.92 bits per heavy atom. The lowest BCUT2D eigenvalue weighted by atomic mass is 9.92. The van der Waals surface area contributed by atoms with Gasteiger partial charge in [-0.05, 0) is 38.8 Å². The SMILES string of the molecule is Cc1nc(C)c(C(=O)N2CCCC3(CNC(=O)c4ccccc4O3)C2)s1. The number of rotatable bonds is 1. The Morgan fingerprint density at radius 2 is 2.15 bits per heavy atom. The molecule has 2 aliphatic heterocycles. The van der Waals surface area contributed by atoms with Gasteiger partial charge in [-0.1, -0.05) is 12.1 Å². The van der Waals surface area contributed by atoms with Gasteiger partial charge in [-0.2, -0.15) is 0 Å². The Kier molecular flexibility index (Phi) is 4.19. The van der Waals surface area contributed by atoms with E-state index in [4.69, 9.17) is 4.74 Å². The lowest BCUT2D eigenvalue weighted by molar-refractivity contribution is -0.000707. The van der Waals surface area contributed by atoms with E-state index in [0.717, 1.165) is 23.5 Å². The van der Waals surface area contributed by atoms with Crippen molar-refractivity contribution in [2.45, 2.75) is 32.3 Å². The van der Waals surface area contributed by atoms with Crippen LogP contribution in [0.1, 0.15) is 43.6 Å². The lowest BCUT2D eigenvalue weighted by Crippen LogP contribution is -2.57. The van der Waals surface area contributed by atoms with Crippen molar-refractivity contribution in [1.29, 1.82) is 0 Å². The average molecular weight is 371 g/mol. The van der Waals surface area contributed by atoms with Crippen molar-refractivity contribution in [3.05, 3.63) is 45.4 Å². The second-order valence-electron chi connectivity index (χ2n) is 6.94. The first-order valence-corrected chi connectivity index (χ1v) is 9.59. The normalized spacial score (nSPS) is 22.4. The van der Waals surface area contributed by atoms with Gasteiger partial charge >= 0.3 is 0 Å². The number of hydrogen-bond acceptors (Lipinski definition) is 5. The number of aryl methyl sites for hydroxylation is 2. The second kappa shape index (κ2) is 6.39. The summed E-state index contributed by atoms with van der Waals surface area (Å²) < 4.78 is 6.32. The van der Waals surface area contributed by atoms with Crippen molar-refractivity contribution in [3.63, 3.8) is 0 Å². The van der Waals surface area contributed by atoms with Crippen molar-refractivity contribution in [2.24, 2.45) is 0 Å². The summed E-state index contributed by atoms with van der Waals surface area (Å²) in [5.41, 5.74) is 0.725. The molecule has 0 aliphatic carbocycles. The van der Waals surface area contributed by atoms with E-state index in [0.29, 0.717) is 35.8 Å². The molecule has 2 aliphatic rings. The highest BCUT2D eigenvalue weighted by atomic mass is 32.1. The molecule has 0 bridgehead atoms. The zero-order valence-electron chi connectivity index (χ0n) is 14.9. The molecule has 136 valence electrons. The van der Waals surface area contributed by atoms with Gasteiger partial charge in [0.1, 0.15) is 16.2 Å². The molecule has 1 atom stereocenters. The molecule has 1 saturated heterocycles. The maximum Gasteiger partial charge on any atom is 0.265 e. The van der Waals surface area contributed by atoms with E-state index in [-0.39, 0.29) is 11.8 Å². The molecular weight excluding hydrogens is 350 g/mol. The molecule has 0 saturated carbocycles. The first-order valence-electron chi connectivity index (χ1n) is 8.77. The lowest BCUT2D eigenvalue weighted by Gasteiger charge is -2.42. The summed E-state index contributed by atoms with van der Waals surface area (Å²) in [6.45, 7) is 5.32. The molecule has 6 nitrogen and oxygen atoms in total. The molecule has 2 amide bonds. The van der Waals surface area contributed by atoms with Gasteiger partial charge in [-0.3, -0.25) is 9.59 Å². The van der Waals surface area contributed by atoms with Crippen LogP contribution in [0.2, 0.25) is 0 Å². The third-order valence-corrected chi connectivity index (χ3v) is 6.01. The number of thiazole rings is 1. The molecule has 1 fully saturated rings. The minimum atomic E-state index is -0.593. The van der Waals surface area contributed by atoms with Gasteiger partial charge < -0.3 is 15.0 Å². The number of ether oxygens (including phenoxy) is 1. The number of hydrogen-bond donors (Lipinski definition) is 1. The molecular formula is C19H21N3O3S. The van der Waals surface area contributed by atoms with Gasteiger partial charge in [0.25, 0.3) is 11.8 Å². The average Bonchev–Trinajstić information content (AvgIpc) is 2.91. The summed E-state index contributed by atoms with van der Waals surface area (Å²) in [6, 6.07) is 7.27. The molecule has 1 aromatic heterocycles. The minimum absolute atomic E-state index is 0.000339. The van der Waals surface area contributed by atoms with Crippen LogP contribution in [-0.4, -0.2) is 46.9 Å². The standard InChI is InChI=1S/C19H21N3O3S/c1-12-16(26-13(2)21-12)18(24)22-9-5-8-19(11-22)10-20-17(23)14-6-3-4-7-15(14)25-19/h3-4,6-7H,5,8-11H2,1-2H3,(H,20,23). The highest BCUT2D eigenvalue weighted by molar-refractivity contribution is 7.13. The molecule has 7 heteroatoms. The van der Waals surface area contributed by atoms with Crippen LogP contribution in [0.3, 0.4) is 0 Å². The number of nitrogens with zero attached hydrogens (tertiary/aromatic N) is 2. The Morgan fingerprint density at radius 1 is 1.35 bits per heavy atom. The number of nitrogens with one attached hydrogen (secondary N) is 1. The minimum Gasteiger partial charge on any atom is -0.483 e. The molecule has 1 N–H and O–H groups in total. The van der Waals surface area contributed by atoms with E-state index in [1.165, 1.54) is 11.3 Å². The predicted molar refractivity (Wildman–Crippen MR) is 98.9 cm³/mol. The highest BCUT2D eigenvalue weighted by Gasteiger charge is 2.42. The summed E-state index contributed by atoms with van der Waals surface area (Å²) in [6.07, 6.45) is 1.63. The Bertz CT molecular complexity index is 879. The number of fused-ring (bicyclic) bond motifs is 1. The van der Waals surface area contributed by atoms with Gasteiger partial charge in [-0.15, -0.1) is 11.3 Å². The summed E-state index contributed by atoms with van der Waals surface area (Å²) in [5, 5.41) is 3.86. The predicted octanol–water partition coefficient (Wildman–Crippen LogP) is 2.56. The van der Waals surface area contributed by atoms with Crippen LogP contribution in [0.5, 0.6) is 5.75 Å². The Labute approximate surface area is 156 Å². The summed E-state index contributed by atoms with van der Waals surface area (Å²) >= 11 is 1.43. The van der Waals surface area contributed by atoms with E-state index < -0.39 is 5.60 Å². The quantitative estimate of drug-likeness (QED) is 0.836. The van der Waals surface area contributed by atoms with Crippen LogP contribution < -0.4 is 10.1 Å². The topological polar surface area (TPSA) is 71.5 Å². The maximum absolute atomic E-state index is 13.0. The molecule has 26 heavy (non-hydrogen) atoms. The Balaban J connectivity index is 1.61. The third kappa shape index (κ3) is 2.96. The molecule has 1 unspecified atom stereocenters. The smallest absolute Gasteiger partial charge is 0.265 e. The summed E-state index contributed by atoms with van der Waals surface area (Å²) in [7, 11) is 0. The van der Waals surface area contributed by atoms with Crippen LogP contribution in [0.4, 0.5) is 0 Å². The monoisotopic (exact) mass is 371 g/mol. The van der Waals surface area contributed by atoms with Crippen molar-refractivity contribution >= 4 is 23.2 Å². The molecule has 3 heterocycles. The van der Waals surface area contributed by atoms with Crippen molar-refractivity contribution in [3.8, 4) is 5.75 Å². The number of carbonyl (C=O) groups is 2. The van der Waals surface area contributed by atoms with Gasteiger partial charge in [0.15, 0.2) is 0 Å². The number of aromatic nitrogens is 1. The van der Waals surface area contributed by atoms with Crippen molar-refractivity contribution < 1.29 is 14.3 Å². The Hall–Kier alpha value is -2.41. The number of carbonyl (C=O) groups excluding carboxylic acids is 2. The fourth-order valence-electron chi connectivity index (χ4n) is 3.72. The van der Waals surface area contributed by atoms with E-state index >= 15 is 0 Å². The van der Waals surface area contributed by atoms with Crippen LogP contribution in [0, 0.1) is 13.8 Å². The first kappa shape index (κ1) is 17.0. The van der Waals surface area contributed by atoms with Crippen molar-refractivity contribution in [1.82, 2.24) is 15.2 Å².